The number of thioether (sulfide) groups is 1. The Morgan fingerprint density at radius 3 is 2.65 bits per heavy atom. The molecule has 1 heterocycles. The lowest BCUT2D eigenvalue weighted by molar-refractivity contribution is -0.144. The number of aromatic nitrogens is 2. The van der Waals surface area contributed by atoms with Crippen molar-refractivity contribution in [2.24, 2.45) is 0 Å². The first kappa shape index (κ1) is 17.4. The smallest absolute Gasteiger partial charge is 0.328 e. The minimum absolute atomic E-state index is 0.177. The van der Waals surface area contributed by atoms with Gasteiger partial charge in [-0.05, 0) is 12.5 Å². The van der Waals surface area contributed by atoms with Gasteiger partial charge in [0.2, 0.25) is 5.91 Å². The van der Waals surface area contributed by atoms with Crippen molar-refractivity contribution in [3.8, 4) is 0 Å². The number of benzene rings is 1. The highest BCUT2D eigenvalue weighted by Crippen LogP contribution is 2.21. The summed E-state index contributed by atoms with van der Waals surface area (Å²) in [5.41, 5.74) is 0.954. The quantitative estimate of drug-likeness (QED) is 0.605. The Hall–Kier alpha value is -1.93. The first-order valence-corrected chi connectivity index (χ1v) is 8.72. The summed E-state index contributed by atoms with van der Waals surface area (Å²) < 4.78 is 5.50. The summed E-state index contributed by atoms with van der Waals surface area (Å²) in [5, 5.41) is 11.4. The van der Waals surface area contributed by atoms with Gasteiger partial charge in [-0.1, -0.05) is 53.4 Å². The molecule has 1 N–H and O–H groups in total. The van der Waals surface area contributed by atoms with E-state index in [1.54, 1.807) is 0 Å². The lowest BCUT2D eigenvalue weighted by Crippen LogP contribution is -2.43. The molecular formula is C15H17N3O3S2. The van der Waals surface area contributed by atoms with Crippen molar-refractivity contribution in [3.63, 3.8) is 0 Å². The highest BCUT2D eigenvalue weighted by molar-refractivity contribution is 8.01. The molecule has 2 rings (SSSR count). The molecule has 1 aromatic carbocycles. The predicted octanol–water partition coefficient (Wildman–Crippen LogP) is 1.84. The van der Waals surface area contributed by atoms with Crippen molar-refractivity contribution >= 4 is 35.0 Å². The van der Waals surface area contributed by atoms with E-state index in [0.717, 1.165) is 14.9 Å². The molecule has 0 spiro atoms. The SMILES string of the molecule is COC(=O)[C@@H](Cc1ccccc1)NC(=O)CSc1nnc(C)s1. The molecule has 0 aliphatic carbocycles. The Bertz CT molecular complexity index is 661. The number of nitrogens with one attached hydrogen (secondary N) is 1. The maximum atomic E-state index is 12.1. The van der Waals surface area contributed by atoms with E-state index in [1.165, 1.54) is 30.2 Å². The summed E-state index contributed by atoms with van der Waals surface area (Å²) >= 11 is 2.73. The Morgan fingerprint density at radius 2 is 2.04 bits per heavy atom. The average molecular weight is 351 g/mol. The van der Waals surface area contributed by atoms with E-state index in [2.05, 4.69) is 15.5 Å². The van der Waals surface area contributed by atoms with Crippen LogP contribution < -0.4 is 5.32 Å². The van der Waals surface area contributed by atoms with Crippen molar-refractivity contribution in [1.29, 1.82) is 0 Å². The van der Waals surface area contributed by atoms with Crippen LogP contribution in [0.2, 0.25) is 0 Å². The van der Waals surface area contributed by atoms with Crippen LogP contribution in [0.25, 0.3) is 0 Å². The van der Waals surface area contributed by atoms with Crippen LogP contribution in [0, 0.1) is 6.92 Å². The van der Waals surface area contributed by atoms with Gasteiger partial charge in [-0.2, -0.15) is 0 Å². The fourth-order valence-electron chi connectivity index (χ4n) is 1.89. The molecule has 8 heteroatoms. The minimum atomic E-state index is -0.702. The summed E-state index contributed by atoms with van der Waals surface area (Å²) in [7, 11) is 1.31. The zero-order chi connectivity index (χ0) is 16.7. The molecule has 0 fully saturated rings. The first-order chi connectivity index (χ1) is 11.1. The van der Waals surface area contributed by atoms with Gasteiger partial charge in [0, 0.05) is 6.42 Å². The average Bonchev–Trinajstić information content (AvgIpc) is 2.98. The number of ether oxygens (including phenoxy) is 1. The number of nitrogens with zero attached hydrogens (tertiary/aromatic N) is 2. The van der Waals surface area contributed by atoms with Gasteiger partial charge in [0.25, 0.3) is 0 Å². The van der Waals surface area contributed by atoms with Crippen LogP contribution in [0.5, 0.6) is 0 Å². The second kappa shape index (κ2) is 8.64. The fraction of sp³-hybridized carbons (Fsp3) is 0.333. The van der Waals surface area contributed by atoms with Crippen molar-refractivity contribution in [2.75, 3.05) is 12.9 Å². The second-order valence-corrected chi connectivity index (χ2v) is 7.11. The lowest BCUT2D eigenvalue weighted by Gasteiger charge is -2.16. The van der Waals surface area contributed by atoms with Gasteiger partial charge in [-0.3, -0.25) is 4.79 Å². The maximum absolute atomic E-state index is 12.1. The molecule has 0 aliphatic heterocycles. The molecule has 6 nitrogen and oxygen atoms in total. The Labute approximate surface area is 142 Å². The van der Waals surface area contributed by atoms with E-state index >= 15 is 0 Å². The van der Waals surface area contributed by atoms with Crippen LogP contribution >= 0.6 is 23.1 Å². The number of amides is 1. The van der Waals surface area contributed by atoms with Crippen molar-refractivity contribution in [3.05, 3.63) is 40.9 Å². The zero-order valence-electron chi connectivity index (χ0n) is 12.8. The molecule has 0 unspecified atom stereocenters. The van der Waals surface area contributed by atoms with Crippen molar-refractivity contribution in [1.82, 2.24) is 15.5 Å². The van der Waals surface area contributed by atoms with Gasteiger partial charge < -0.3 is 10.1 Å². The third kappa shape index (κ3) is 5.65. The molecule has 0 bridgehead atoms. The Morgan fingerprint density at radius 1 is 1.30 bits per heavy atom. The van der Waals surface area contributed by atoms with E-state index in [9.17, 15) is 9.59 Å². The van der Waals surface area contributed by atoms with Gasteiger partial charge in [0.1, 0.15) is 11.0 Å². The van der Waals surface area contributed by atoms with Gasteiger partial charge in [0.05, 0.1) is 12.9 Å². The zero-order valence-corrected chi connectivity index (χ0v) is 14.4. The number of methoxy groups -OCH3 is 1. The molecule has 0 radical (unpaired) electrons. The molecule has 122 valence electrons. The van der Waals surface area contributed by atoms with Crippen LogP contribution in [-0.4, -0.2) is 41.0 Å². The van der Waals surface area contributed by atoms with E-state index in [4.69, 9.17) is 4.74 Å². The van der Waals surface area contributed by atoms with Crippen LogP contribution in [0.3, 0.4) is 0 Å². The molecule has 23 heavy (non-hydrogen) atoms. The molecule has 0 saturated carbocycles. The number of carbonyl (C=O) groups excluding carboxylic acids is 2. The van der Waals surface area contributed by atoms with E-state index < -0.39 is 12.0 Å². The van der Waals surface area contributed by atoms with Crippen molar-refractivity contribution < 1.29 is 14.3 Å². The van der Waals surface area contributed by atoms with Crippen molar-refractivity contribution in [2.45, 2.75) is 23.7 Å². The first-order valence-electron chi connectivity index (χ1n) is 6.92. The van der Waals surface area contributed by atoms with Gasteiger partial charge in [0.15, 0.2) is 4.34 Å². The summed E-state index contributed by atoms with van der Waals surface area (Å²) in [6.45, 7) is 1.86. The molecule has 1 aromatic heterocycles. The lowest BCUT2D eigenvalue weighted by atomic mass is 10.1. The number of aryl methyl sites for hydroxylation is 1. The number of carbonyl (C=O) groups is 2. The normalized spacial score (nSPS) is 11.7. The van der Waals surface area contributed by atoms with Gasteiger partial charge >= 0.3 is 5.97 Å². The van der Waals surface area contributed by atoms with Crippen LogP contribution in [0.1, 0.15) is 10.6 Å². The minimum Gasteiger partial charge on any atom is -0.467 e. The molecule has 0 saturated heterocycles. The Kier molecular flexibility index (Phi) is 6.54. The van der Waals surface area contributed by atoms with Crippen LogP contribution in [-0.2, 0) is 20.7 Å². The van der Waals surface area contributed by atoms with E-state index in [-0.39, 0.29) is 11.7 Å². The standard InChI is InChI=1S/C15H17N3O3S2/c1-10-17-18-15(23-10)22-9-13(19)16-12(14(20)21-2)8-11-6-4-3-5-7-11/h3-7,12H,8-9H2,1-2H3,(H,16,19)/t12-/m1/s1. The van der Waals surface area contributed by atoms with Crippen LogP contribution in [0.15, 0.2) is 34.7 Å². The maximum Gasteiger partial charge on any atom is 0.328 e. The Balaban J connectivity index is 1.91. The number of esters is 1. The van der Waals surface area contributed by atoms with E-state index in [0.29, 0.717) is 6.42 Å². The third-order valence-electron chi connectivity index (χ3n) is 2.94. The second-order valence-electron chi connectivity index (χ2n) is 4.71. The summed E-state index contributed by atoms with van der Waals surface area (Å²) in [4.78, 5) is 23.9. The summed E-state index contributed by atoms with van der Waals surface area (Å²) in [5.74, 6) is -0.523. The monoisotopic (exact) mass is 351 g/mol. The molecule has 2 aromatic rings. The molecular weight excluding hydrogens is 334 g/mol. The number of hydrogen-bond acceptors (Lipinski definition) is 7. The summed E-state index contributed by atoms with van der Waals surface area (Å²) in [6, 6.07) is 8.78. The highest BCUT2D eigenvalue weighted by Gasteiger charge is 2.22. The molecule has 0 aliphatic rings. The summed E-state index contributed by atoms with van der Waals surface area (Å²) in [6.07, 6.45) is 0.391. The van der Waals surface area contributed by atoms with Crippen LogP contribution in [0.4, 0.5) is 0 Å². The number of rotatable bonds is 7. The van der Waals surface area contributed by atoms with Gasteiger partial charge in [-0.25, -0.2) is 4.79 Å². The molecule has 1 atom stereocenters. The fourth-order valence-corrected chi connectivity index (χ4v) is 3.51. The largest absolute Gasteiger partial charge is 0.467 e. The van der Waals surface area contributed by atoms with E-state index in [1.807, 2.05) is 37.3 Å². The predicted molar refractivity (Wildman–Crippen MR) is 89.5 cm³/mol. The number of hydrogen-bond donors (Lipinski definition) is 1. The van der Waals surface area contributed by atoms with Gasteiger partial charge in [-0.15, -0.1) is 10.2 Å². The topological polar surface area (TPSA) is 81.2 Å². The third-order valence-corrected chi connectivity index (χ3v) is 4.91. The molecule has 1 amide bonds. The highest BCUT2D eigenvalue weighted by atomic mass is 32.2.